The lowest BCUT2D eigenvalue weighted by atomic mass is 9.94. The number of ether oxygens (including phenoxy) is 1. The van der Waals surface area contributed by atoms with Crippen molar-refractivity contribution in [1.29, 1.82) is 0 Å². The molecule has 0 aliphatic heterocycles. The average Bonchev–Trinajstić information content (AvgIpc) is 2.35. The van der Waals surface area contributed by atoms with Crippen molar-refractivity contribution in [2.24, 2.45) is 5.73 Å². The fraction of sp³-hybridized carbons (Fsp3) is 0.625. The van der Waals surface area contributed by atoms with Crippen LogP contribution in [0.25, 0.3) is 0 Å². The molecule has 1 unspecified atom stereocenters. The topological polar surface area (TPSA) is 35.2 Å². The molecule has 1 rings (SSSR count). The van der Waals surface area contributed by atoms with Crippen molar-refractivity contribution in [2.45, 2.75) is 59.9 Å². The van der Waals surface area contributed by atoms with E-state index in [1.54, 1.807) is 0 Å². The molecular weight excluding hydrogens is 258 g/mol. The summed E-state index contributed by atoms with van der Waals surface area (Å²) in [7, 11) is 0. The lowest BCUT2D eigenvalue weighted by molar-refractivity contribution is 0.313. The van der Waals surface area contributed by atoms with Gasteiger partial charge in [0.15, 0.2) is 0 Å². The average molecular weight is 286 g/mol. The molecule has 0 aliphatic carbocycles. The molecule has 0 saturated heterocycles. The first-order chi connectivity index (χ1) is 8.51. The molecule has 1 aromatic carbocycles. The Morgan fingerprint density at radius 3 is 2.32 bits per heavy atom. The monoisotopic (exact) mass is 285 g/mol. The van der Waals surface area contributed by atoms with E-state index in [9.17, 15) is 0 Å². The van der Waals surface area contributed by atoms with Crippen LogP contribution in [0.2, 0.25) is 0 Å². The molecule has 19 heavy (non-hydrogen) atoms. The van der Waals surface area contributed by atoms with E-state index in [1.807, 2.05) is 0 Å². The molecule has 2 N–H and O–H groups in total. The Kier molecular flexibility index (Phi) is 8.12. The van der Waals surface area contributed by atoms with E-state index in [0.717, 1.165) is 31.6 Å². The first-order valence-corrected chi connectivity index (χ1v) is 6.99. The van der Waals surface area contributed by atoms with Gasteiger partial charge in [-0.05, 0) is 62.3 Å². The Bertz CT molecular complexity index is 404. The van der Waals surface area contributed by atoms with Crippen LogP contribution in [0, 0.1) is 20.8 Å². The molecule has 0 heterocycles. The standard InChI is InChI=1S/C16H27NO.ClH/c1-6-8-18-16-11(3)9-14(10-15(17)7-2)12(4)13(16)5;/h9,15H,6-8,10,17H2,1-5H3;1H. The highest BCUT2D eigenvalue weighted by atomic mass is 35.5. The van der Waals surface area contributed by atoms with Crippen molar-refractivity contribution < 1.29 is 4.74 Å². The quantitative estimate of drug-likeness (QED) is 0.854. The summed E-state index contributed by atoms with van der Waals surface area (Å²) in [6.45, 7) is 11.5. The van der Waals surface area contributed by atoms with Gasteiger partial charge in [0, 0.05) is 6.04 Å². The highest BCUT2D eigenvalue weighted by molar-refractivity contribution is 5.85. The number of nitrogens with two attached hydrogens (primary N) is 1. The second kappa shape index (κ2) is 8.44. The predicted octanol–water partition coefficient (Wildman–Crippen LogP) is 4.10. The van der Waals surface area contributed by atoms with Crippen molar-refractivity contribution in [3.05, 3.63) is 28.3 Å². The van der Waals surface area contributed by atoms with Gasteiger partial charge in [-0.1, -0.05) is 19.9 Å². The van der Waals surface area contributed by atoms with Gasteiger partial charge in [-0.3, -0.25) is 0 Å². The molecular formula is C16H28ClNO. The second-order valence-corrected chi connectivity index (χ2v) is 5.15. The van der Waals surface area contributed by atoms with E-state index in [4.69, 9.17) is 10.5 Å². The van der Waals surface area contributed by atoms with Crippen LogP contribution in [-0.4, -0.2) is 12.6 Å². The van der Waals surface area contributed by atoms with Gasteiger partial charge in [-0.25, -0.2) is 0 Å². The highest BCUT2D eigenvalue weighted by Crippen LogP contribution is 2.29. The van der Waals surface area contributed by atoms with Crippen molar-refractivity contribution in [2.75, 3.05) is 6.61 Å². The Balaban J connectivity index is 0.00000324. The normalized spacial score (nSPS) is 11.9. The fourth-order valence-corrected chi connectivity index (χ4v) is 2.21. The highest BCUT2D eigenvalue weighted by Gasteiger charge is 2.12. The number of halogens is 1. The van der Waals surface area contributed by atoms with Crippen LogP contribution in [0.3, 0.4) is 0 Å². The number of aryl methyl sites for hydroxylation is 1. The summed E-state index contributed by atoms with van der Waals surface area (Å²) < 4.78 is 5.85. The predicted molar refractivity (Wildman–Crippen MR) is 85.7 cm³/mol. The van der Waals surface area contributed by atoms with E-state index >= 15 is 0 Å². The molecule has 0 fully saturated rings. The van der Waals surface area contributed by atoms with Gasteiger partial charge in [0.2, 0.25) is 0 Å². The molecule has 3 heteroatoms. The number of benzene rings is 1. The minimum absolute atomic E-state index is 0. The largest absolute Gasteiger partial charge is 0.493 e. The van der Waals surface area contributed by atoms with Gasteiger partial charge in [0.05, 0.1) is 6.61 Å². The Labute approximate surface area is 124 Å². The number of rotatable bonds is 6. The first kappa shape index (κ1) is 18.3. The van der Waals surface area contributed by atoms with Crippen LogP contribution >= 0.6 is 12.4 Å². The van der Waals surface area contributed by atoms with Crippen LogP contribution in [-0.2, 0) is 6.42 Å². The van der Waals surface area contributed by atoms with E-state index in [1.165, 1.54) is 22.3 Å². The molecule has 1 atom stereocenters. The van der Waals surface area contributed by atoms with Gasteiger partial charge < -0.3 is 10.5 Å². The van der Waals surface area contributed by atoms with E-state index in [0.29, 0.717) is 0 Å². The zero-order chi connectivity index (χ0) is 13.7. The van der Waals surface area contributed by atoms with Crippen LogP contribution < -0.4 is 10.5 Å². The lowest BCUT2D eigenvalue weighted by Crippen LogP contribution is -2.22. The van der Waals surface area contributed by atoms with E-state index < -0.39 is 0 Å². The molecule has 0 radical (unpaired) electrons. The summed E-state index contributed by atoms with van der Waals surface area (Å²) >= 11 is 0. The van der Waals surface area contributed by atoms with Crippen LogP contribution in [0.1, 0.15) is 48.9 Å². The smallest absolute Gasteiger partial charge is 0.125 e. The molecule has 1 aromatic rings. The molecule has 2 nitrogen and oxygen atoms in total. The lowest BCUT2D eigenvalue weighted by Gasteiger charge is -2.19. The van der Waals surface area contributed by atoms with Crippen molar-refractivity contribution >= 4 is 12.4 Å². The van der Waals surface area contributed by atoms with Crippen LogP contribution in [0.15, 0.2) is 6.07 Å². The Morgan fingerprint density at radius 2 is 1.79 bits per heavy atom. The summed E-state index contributed by atoms with van der Waals surface area (Å²) in [5, 5.41) is 0. The molecule has 0 saturated carbocycles. The van der Waals surface area contributed by atoms with Crippen molar-refractivity contribution in [3.8, 4) is 5.75 Å². The van der Waals surface area contributed by atoms with Gasteiger partial charge in [-0.2, -0.15) is 0 Å². The fourth-order valence-electron chi connectivity index (χ4n) is 2.21. The van der Waals surface area contributed by atoms with Gasteiger partial charge in [-0.15, -0.1) is 12.4 Å². The minimum Gasteiger partial charge on any atom is -0.493 e. The Hall–Kier alpha value is -0.730. The zero-order valence-electron chi connectivity index (χ0n) is 12.9. The maximum Gasteiger partial charge on any atom is 0.125 e. The summed E-state index contributed by atoms with van der Waals surface area (Å²) in [5.74, 6) is 1.06. The van der Waals surface area contributed by atoms with E-state index in [-0.39, 0.29) is 18.4 Å². The number of hydrogen-bond acceptors (Lipinski definition) is 2. The SMILES string of the molecule is CCCOc1c(C)cc(CC(N)CC)c(C)c1C.Cl. The van der Waals surface area contributed by atoms with Gasteiger partial charge >= 0.3 is 0 Å². The third-order valence-electron chi connectivity index (χ3n) is 3.59. The Morgan fingerprint density at radius 1 is 1.16 bits per heavy atom. The molecule has 0 amide bonds. The van der Waals surface area contributed by atoms with E-state index in [2.05, 4.69) is 40.7 Å². The molecule has 110 valence electrons. The third kappa shape index (κ3) is 4.70. The minimum atomic E-state index is 0. The van der Waals surface area contributed by atoms with Gasteiger partial charge in [0.1, 0.15) is 5.75 Å². The molecule has 0 aliphatic rings. The molecule has 0 spiro atoms. The van der Waals surface area contributed by atoms with Crippen LogP contribution in [0.4, 0.5) is 0 Å². The molecule has 0 bridgehead atoms. The zero-order valence-corrected chi connectivity index (χ0v) is 13.7. The summed E-state index contributed by atoms with van der Waals surface area (Å²) in [6, 6.07) is 2.49. The summed E-state index contributed by atoms with van der Waals surface area (Å²) in [5.41, 5.74) is 11.2. The summed E-state index contributed by atoms with van der Waals surface area (Å²) in [6.07, 6.45) is 3.02. The number of hydrogen-bond donors (Lipinski definition) is 1. The van der Waals surface area contributed by atoms with Crippen molar-refractivity contribution in [3.63, 3.8) is 0 Å². The maximum atomic E-state index is 6.06. The maximum absolute atomic E-state index is 6.06. The van der Waals surface area contributed by atoms with Crippen molar-refractivity contribution in [1.82, 2.24) is 0 Å². The second-order valence-electron chi connectivity index (χ2n) is 5.15. The summed E-state index contributed by atoms with van der Waals surface area (Å²) in [4.78, 5) is 0. The van der Waals surface area contributed by atoms with Gasteiger partial charge in [0.25, 0.3) is 0 Å². The van der Waals surface area contributed by atoms with Crippen LogP contribution in [0.5, 0.6) is 5.75 Å². The third-order valence-corrected chi connectivity index (χ3v) is 3.59. The molecule has 0 aromatic heterocycles. The first-order valence-electron chi connectivity index (χ1n) is 6.99.